The first-order valence-corrected chi connectivity index (χ1v) is 10.3. The smallest absolute Gasteiger partial charge is 0.276 e. The molecule has 7 heteroatoms. The van der Waals surface area contributed by atoms with Crippen molar-refractivity contribution in [3.8, 4) is 0 Å². The molecule has 1 aromatic rings. The van der Waals surface area contributed by atoms with Crippen molar-refractivity contribution in [2.45, 2.75) is 51.4 Å². The number of fused-ring (bicyclic) bond motifs is 1. The van der Waals surface area contributed by atoms with Crippen LogP contribution in [-0.2, 0) is 22.4 Å². The van der Waals surface area contributed by atoms with Crippen LogP contribution in [0.5, 0.6) is 0 Å². The quantitative estimate of drug-likeness (QED) is 0.805. The lowest BCUT2D eigenvalue weighted by atomic mass is 9.91. The second-order valence-corrected chi connectivity index (χ2v) is 7.91. The van der Waals surface area contributed by atoms with Gasteiger partial charge in [0.15, 0.2) is 5.69 Å². The van der Waals surface area contributed by atoms with Gasteiger partial charge in [-0.1, -0.05) is 5.16 Å². The van der Waals surface area contributed by atoms with Gasteiger partial charge in [-0.15, -0.1) is 0 Å². The molecule has 0 spiro atoms. The molecule has 1 aromatic heterocycles. The predicted molar refractivity (Wildman–Crippen MR) is 98.4 cm³/mol. The fourth-order valence-corrected chi connectivity index (χ4v) is 4.43. The molecule has 2 saturated heterocycles. The fourth-order valence-electron chi connectivity index (χ4n) is 4.43. The summed E-state index contributed by atoms with van der Waals surface area (Å²) in [5.41, 5.74) is 1.56. The molecule has 2 amide bonds. The van der Waals surface area contributed by atoms with Gasteiger partial charge >= 0.3 is 0 Å². The molecule has 0 bridgehead atoms. The summed E-state index contributed by atoms with van der Waals surface area (Å²) in [6, 6.07) is 0. The first-order chi connectivity index (χ1) is 13.2. The van der Waals surface area contributed by atoms with Crippen molar-refractivity contribution in [2.24, 2.45) is 5.92 Å². The van der Waals surface area contributed by atoms with Gasteiger partial charge < -0.3 is 19.1 Å². The molecule has 0 aromatic carbocycles. The van der Waals surface area contributed by atoms with Crippen LogP contribution in [0.4, 0.5) is 0 Å². The normalized spacial score (nSPS) is 21.2. The molecule has 0 saturated carbocycles. The van der Waals surface area contributed by atoms with Gasteiger partial charge in [-0.2, -0.15) is 0 Å². The number of carbonyl (C=O) groups excluding carboxylic acids is 2. The number of hydrogen-bond donors (Lipinski definition) is 0. The minimum Gasteiger partial charge on any atom is -0.378 e. The third kappa shape index (κ3) is 4.18. The van der Waals surface area contributed by atoms with Crippen molar-refractivity contribution in [3.63, 3.8) is 0 Å². The monoisotopic (exact) mass is 375 g/mol. The Kier molecular flexibility index (Phi) is 5.76. The SMILES string of the molecule is O=C(CCC1CCN(C(=O)c2noc3c2CCCC3)CC1)N1CCOCC1. The molecular formula is C20H29N3O4. The maximum atomic E-state index is 12.8. The van der Waals surface area contributed by atoms with Crippen LogP contribution in [0.1, 0.15) is 60.3 Å². The minimum atomic E-state index is 0.0183. The first kappa shape index (κ1) is 18.5. The summed E-state index contributed by atoms with van der Waals surface area (Å²) in [4.78, 5) is 29.0. The number of carbonyl (C=O) groups is 2. The molecule has 7 nitrogen and oxygen atoms in total. The van der Waals surface area contributed by atoms with E-state index in [0.717, 1.165) is 69.4 Å². The van der Waals surface area contributed by atoms with E-state index in [0.29, 0.717) is 44.3 Å². The maximum absolute atomic E-state index is 12.8. The highest BCUT2D eigenvalue weighted by Gasteiger charge is 2.30. The third-order valence-corrected chi connectivity index (χ3v) is 6.18. The first-order valence-electron chi connectivity index (χ1n) is 10.3. The van der Waals surface area contributed by atoms with Crippen molar-refractivity contribution in [2.75, 3.05) is 39.4 Å². The highest BCUT2D eigenvalue weighted by atomic mass is 16.5. The molecule has 0 N–H and O–H groups in total. The Labute approximate surface area is 160 Å². The van der Waals surface area contributed by atoms with Gasteiger partial charge in [0.1, 0.15) is 5.76 Å². The Morgan fingerprint density at radius 1 is 1.00 bits per heavy atom. The number of piperidine rings is 1. The number of ether oxygens (including phenoxy) is 1. The standard InChI is InChI=1S/C20H29N3O4/c24-18(22-11-13-26-14-12-22)6-5-15-7-9-23(10-8-15)20(25)19-16-3-1-2-4-17(16)27-21-19/h15H,1-14H2. The van der Waals surface area contributed by atoms with Crippen LogP contribution in [0, 0.1) is 5.92 Å². The number of aromatic nitrogens is 1. The summed E-state index contributed by atoms with van der Waals surface area (Å²) in [5, 5.41) is 4.08. The van der Waals surface area contributed by atoms with Gasteiger partial charge in [-0.25, -0.2) is 0 Å². The fraction of sp³-hybridized carbons (Fsp3) is 0.750. The Morgan fingerprint density at radius 2 is 1.74 bits per heavy atom. The van der Waals surface area contributed by atoms with Crippen LogP contribution in [0.15, 0.2) is 4.52 Å². The molecule has 3 heterocycles. The van der Waals surface area contributed by atoms with Gasteiger partial charge in [0, 0.05) is 44.6 Å². The van der Waals surface area contributed by atoms with Crippen molar-refractivity contribution in [3.05, 3.63) is 17.0 Å². The molecule has 3 aliphatic rings. The lowest BCUT2D eigenvalue weighted by Gasteiger charge is -2.32. The number of likely N-dealkylation sites (tertiary alicyclic amines) is 1. The van der Waals surface area contributed by atoms with Gasteiger partial charge in [-0.3, -0.25) is 9.59 Å². The molecule has 0 atom stereocenters. The number of hydrogen-bond acceptors (Lipinski definition) is 5. The average Bonchev–Trinajstić information content (AvgIpc) is 3.16. The lowest BCUT2D eigenvalue weighted by molar-refractivity contribution is -0.135. The molecule has 0 radical (unpaired) electrons. The molecule has 0 unspecified atom stereocenters. The van der Waals surface area contributed by atoms with E-state index in [1.165, 1.54) is 0 Å². The molecule has 2 aliphatic heterocycles. The van der Waals surface area contributed by atoms with Crippen LogP contribution >= 0.6 is 0 Å². The second kappa shape index (κ2) is 8.42. The molecule has 1 aliphatic carbocycles. The number of morpholine rings is 1. The maximum Gasteiger partial charge on any atom is 0.276 e. The highest BCUT2D eigenvalue weighted by molar-refractivity contribution is 5.94. The summed E-state index contributed by atoms with van der Waals surface area (Å²) in [6.07, 6.45) is 7.46. The molecule has 27 heavy (non-hydrogen) atoms. The van der Waals surface area contributed by atoms with Crippen LogP contribution in [0.2, 0.25) is 0 Å². The second-order valence-electron chi connectivity index (χ2n) is 7.91. The van der Waals surface area contributed by atoms with Crippen molar-refractivity contribution >= 4 is 11.8 Å². The van der Waals surface area contributed by atoms with Crippen LogP contribution in [0.25, 0.3) is 0 Å². The molecule has 148 valence electrons. The van der Waals surface area contributed by atoms with E-state index in [-0.39, 0.29) is 11.8 Å². The zero-order valence-corrected chi connectivity index (χ0v) is 16.0. The molecule has 4 rings (SSSR count). The van der Waals surface area contributed by atoms with E-state index in [1.807, 2.05) is 9.80 Å². The Bertz CT molecular complexity index is 673. The van der Waals surface area contributed by atoms with Gasteiger partial charge in [0.05, 0.1) is 13.2 Å². The van der Waals surface area contributed by atoms with Crippen molar-refractivity contribution in [1.82, 2.24) is 15.0 Å². The molecule has 2 fully saturated rings. The van der Waals surface area contributed by atoms with E-state index < -0.39 is 0 Å². The Hall–Kier alpha value is -1.89. The number of rotatable bonds is 4. The largest absolute Gasteiger partial charge is 0.378 e. The Balaban J connectivity index is 1.24. The van der Waals surface area contributed by atoms with Gasteiger partial charge in [-0.05, 0) is 44.4 Å². The predicted octanol–water partition coefficient (Wildman–Crippen LogP) is 2.04. The van der Waals surface area contributed by atoms with Crippen molar-refractivity contribution < 1.29 is 18.8 Å². The van der Waals surface area contributed by atoms with Crippen LogP contribution in [0.3, 0.4) is 0 Å². The van der Waals surface area contributed by atoms with Crippen LogP contribution in [-0.4, -0.2) is 66.2 Å². The third-order valence-electron chi connectivity index (χ3n) is 6.18. The van der Waals surface area contributed by atoms with Gasteiger partial charge in [0.25, 0.3) is 5.91 Å². The van der Waals surface area contributed by atoms with Gasteiger partial charge in [0.2, 0.25) is 5.91 Å². The molecular weight excluding hydrogens is 346 g/mol. The van der Waals surface area contributed by atoms with Crippen molar-refractivity contribution in [1.29, 1.82) is 0 Å². The minimum absolute atomic E-state index is 0.0183. The summed E-state index contributed by atoms with van der Waals surface area (Å²) < 4.78 is 10.7. The van der Waals surface area contributed by atoms with E-state index in [4.69, 9.17) is 9.26 Å². The zero-order chi connectivity index (χ0) is 18.6. The average molecular weight is 375 g/mol. The summed E-state index contributed by atoms with van der Waals surface area (Å²) in [6.45, 7) is 4.23. The van der Waals surface area contributed by atoms with E-state index in [9.17, 15) is 9.59 Å². The zero-order valence-electron chi connectivity index (χ0n) is 16.0. The lowest BCUT2D eigenvalue weighted by Crippen LogP contribution is -2.41. The summed E-state index contributed by atoms with van der Waals surface area (Å²) in [7, 11) is 0. The topological polar surface area (TPSA) is 75.9 Å². The summed E-state index contributed by atoms with van der Waals surface area (Å²) in [5.74, 6) is 1.68. The van der Waals surface area contributed by atoms with E-state index in [2.05, 4.69) is 5.16 Å². The van der Waals surface area contributed by atoms with Crippen LogP contribution < -0.4 is 0 Å². The highest BCUT2D eigenvalue weighted by Crippen LogP contribution is 2.27. The van der Waals surface area contributed by atoms with E-state index in [1.54, 1.807) is 0 Å². The number of nitrogens with zero attached hydrogens (tertiary/aromatic N) is 3. The summed E-state index contributed by atoms with van der Waals surface area (Å²) >= 11 is 0. The number of amides is 2. The number of aryl methyl sites for hydroxylation is 1. The van der Waals surface area contributed by atoms with E-state index >= 15 is 0 Å². The Morgan fingerprint density at radius 3 is 2.52 bits per heavy atom.